The van der Waals surface area contributed by atoms with Crippen molar-refractivity contribution in [2.24, 2.45) is 0 Å². The number of sulfonamides is 1. The first-order chi connectivity index (χ1) is 10.0. The fourth-order valence-corrected chi connectivity index (χ4v) is 4.53. The van der Waals surface area contributed by atoms with E-state index in [2.05, 4.69) is 0 Å². The maximum absolute atomic E-state index is 12.7. The summed E-state index contributed by atoms with van der Waals surface area (Å²) in [5.41, 5.74) is 0.720. The molecule has 1 unspecified atom stereocenters. The summed E-state index contributed by atoms with van der Waals surface area (Å²) in [5.74, 6) is 0.901. The van der Waals surface area contributed by atoms with Gasteiger partial charge in [0.2, 0.25) is 10.0 Å². The molecule has 1 heterocycles. The van der Waals surface area contributed by atoms with Gasteiger partial charge in [0, 0.05) is 18.2 Å². The van der Waals surface area contributed by atoms with Gasteiger partial charge in [-0.25, -0.2) is 8.42 Å². The van der Waals surface area contributed by atoms with Gasteiger partial charge in [0.1, 0.15) is 5.75 Å². The highest BCUT2D eigenvalue weighted by atomic mass is 35.5. The van der Waals surface area contributed by atoms with Crippen LogP contribution in [0.5, 0.6) is 5.75 Å². The van der Waals surface area contributed by atoms with Crippen LogP contribution in [-0.2, 0) is 15.9 Å². The van der Waals surface area contributed by atoms with Crippen molar-refractivity contribution in [1.82, 2.24) is 4.31 Å². The Bertz CT molecular complexity index is 589. The molecule has 6 heteroatoms. The minimum Gasteiger partial charge on any atom is -0.493 e. The highest BCUT2D eigenvalue weighted by Crippen LogP contribution is 2.29. The Morgan fingerprint density at radius 2 is 2.19 bits per heavy atom. The molecule has 0 N–H and O–H groups in total. The third-order valence-electron chi connectivity index (χ3n) is 3.74. The molecule has 0 aliphatic carbocycles. The van der Waals surface area contributed by atoms with Crippen LogP contribution in [0.15, 0.2) is 23.1 Å². The molecular weight excluding hydrogens is 310 g/mol. The highest BCUT2D eigenvalue weighted by Gasteiger charge is 2.32. The molecule has 21 heavy (non-hydrogen) atoms. The molecule has 1 aromatic rings. The predicted octanol–water partition coefficient (Wildman–Crippen LogP) is 3.39. The Kier molecular flexibility index (Phi) is 5.52. The summed E-state index contributed by atoms with van der Waals surface area (Å²) in [6, 6.07) is 5.02. The van der Waals surface area contributed by atoms with Crippen LogP contribution in [0.3, 0.4) is 0 Å². The van der Waals surface area contributed by atoms with Gasteiger partial charge in [-0.2, -0.15) is 4.31 Å². The normalized spacial score (nSPS) is 19.9. The number of halogens is 1. The van der Waals surface area contributed by atoms with Crippen molar-refractivity contribution in [3.05, 3.63) is 23.8 Å². The molecule has 2 rings (SSSR count). The van der Waals surface area contributed by atoms with E-state index in [-0.39, 0.29) is 11.9 Å². The fourth-order valence-electron chi connectivity index (χ4n) is 2.57. The standard InChI is InChI=1S/C15H22ClNO3S/c1-3-9-20-15-7-6-14(10-13(15)11-16)21(18,19)17-8-4-5-12(17)2/h6-7,10,12H,3-5,8-9,11H2,1-2H3. The molecule has 1 atom stereocenters. The SMILES string of the molecule is CCCOc1ccc(S(=O)(=O)N2CCCC2C)cc1CCl. The minimum absolute atomic E-state index is 0.0606. The molecule has 1 aliphatic rings. The van der Waals surface area contributed by atoms with Gasteiger partial charge in [0.25, 0.3) is 0 Å². The van der Waals surface area contributed by atoms with Crippen molar-refractivity contribution in [1.29, 1.82) is 0 Å². The number of hydrogen-bond donors (Lipinski definition) is 0. The maximum Gasteiger partial charge on any atom is 0.243 e. The lowest BCUT2D eigenvalue weighted by atomic mass is 10.2. The van der Waals surface area contributed by atoms with Gasteiger partial charge in [-0.1, -0.05) is 6.92 Å². The van der Waals surface area contributed by atoms with Crippen molar-refractivity contribution >= 4 is 21.6 Å². The van der Waals surface area contributed by atoms with E-state index < -0.39 is 10.0 Å². The summed E-state index contributed by atoms with van der Waals surface area (Å²) >= 11 is 5.93. The monoisotopic (exact) mass is 331 g/mol. The average molecular weight is 332 g/mol. The van der Waals surface area contributed by atoms with Gasteiger partial charge < -0.3 is 4.74 Å². The van der Waals surface area contributed by atoms with Crippen molar-refractivity contribution in [2.75, 3.05) is 13.2 Å². The molecule has 4 nitrogen and oxygen atoms in total. The zero-order valence-electron chi connectivity index (χ0n) is 12.5. The molecule has 118 valence electrons. The molecular formula is C15H22ClNO3S. The fraction of sp³-hybridized carbons (Fsp3) is 0.600. The summed E-state index contributed by atoms with van der Waals surface area (Å²) in [5, 5.41) is 0. The summed E-state index contributed by atoms with van der Waals surface area (Å²) in [7, 11) is -3.44. The number of alkyl halides is 1. The number of ether oxygens (including phenoxy) is 1. The van der Waals surface area contributed by atoms with Gasteiger partial charge >= 0.3 is 0 Å². The Hall–Kier alpha value is -0.780. The van der Waals surface area contributed by atoms with E-state index >= 15 is 0 Å². The van der Waals surface area contributed by atoms with E-state index in [1.165, 1.54) is 0 Å². The molecule has 0 bridgehead atoms. The first-order valence-electron chi connectivity index (χ1n) is 7.34. The Morgan fingerprint density at radius 3 is 2.76 bits per heavy atom. The van der Waals surface area contributed by atoms with E-state index in [9.17, 15) is 8.42 Å². The number of rotatable bonds is 6. The molecule has 0 saturated carbocycles. The van der Waals surface area contributed by atoms with E-state index in [1.54, 1.807) is 22.5 Å². The maximum atomic E-state index is 12.7. The Labute approximate surface area is 132 Å². The van der Waals surface area contributed by atoms with E-state index in [1.807, 2.05) is 13.8 Å². The van der Waals surface area contributed by atoms with E-state index in [0.717, 1.165) is 24.8 Å². The van der Waals surface area contributed by atoms with Crippen LogP contribution >= 0.6 is 11.6 Å². The van der Waals surface area contributed by atoms with Gasteiger partial charge in [-0.05, 0) is 44.4 Å². The van der Waals surface area contributed by atoms with Crippen molar-refractivity contribution in [2.45, 2.75) is 49.9 Å². The number of nitrogens with zero attached hydrogens (tertiary/aromatic N) is 1. The first kappa shape index (κ1) is 16.6. The molecule has 0 radical (unpaired) electrons. The van der Waals surface area contributed by atoms with E-state index in [4.69, 9.17) is 16.3 Å². The van der Waals surface area contributed by atoms with Crippen molar-refractivity contribution in [3.8, 4) is 5.75 Å². The molecule has 1 saturated heterocycles. The van der Waals surface area contributed by atoms with E-state index in [0.29, 0.717) is 23.8 Å². The summed E-state index contributed by atoms with van der Waals surface area (Å²) < 4.78 is 32.5. The van der Waals surface area contributed by atoms with Gasteiger partial charge in [0.05, 0.1) is 17.4 Å². The van der Waals surface area contributed by atoms with Crippen LogP contribution < -0.4 is 4.74 Å². The quantitative estimate of drug-likeness (QED) is 0.751. The third-order valence-corrected chi connectivity index (χ3v) is 6.03. The third kappa shape index (κ3) is 3.52. The van der Waals surface area contributed by atoms with Crippen molar-refractivity contribution < 1.29 is 13.2 Å². The van der Waals surface area contributed by atoms with Crippen LogP contribution in [0, 0.1) is 0 Å². The number of benzene rings is 1. The molecule has 1 aromatic carbocycles. The molecule has 0 spiro atoms. The highest BCUT2D eigenvalue weighted by molar-refractivity contribution is 7.89. The first-order valence-corrected chi connectivity index (χ1v) is 9.31. The Balaban J connectivity index is 2.31. The van der Waals surface area contributed by atoms with Gasteiger partial charge in [-0.3, -0.25) is 0 Å². The molecule has 1 aliphatic heterocycles. The average Bonchev–Trinajstić information content (AvgIpc) is 2.91. The minimum atomic E-state index is -3.44. The summed E-state index contributed by atoms with van der Waals surface area (Å²) in [4.78, 5) is 0.302. The zero-order valence-corrected chi connectivity index (χ0v) is 14.1. The lowest BCUT2D eigenvalue weighted by Crippen LogP contribution is -2.33. The van der Waals surface area contributed by atoms with Crippen LogP contribution in [-0.4, -0.2) is 31.9 Å². The predicted molar refractivity (Wildman–Crippen MR) is 84.4 cm³/mol. The second-order valence-electron chi connectivity index (χ2n) is 5.36. The summed E-state index contributed by atoms with van der Waals surface area (Å²) in [6.45, 7) is 5.16. The molecule has 0 amide bonds. The number of hydrogen-bond acceptors (Lipinski definition) is 3. The van der Waals surface area contributed by atoms with Gasteiger partial charge in [-0.15, -0.1) is 11.6 Å². The largest absolute Gasteiger partial charge is 0.493 e. The second kappa shape index (κ2) is 6.99. The second-order valence-corrected chi connectivity index (χ2v) is 7.52. The molecule has 0 aromatic heterocycles. The Morgan fingerprint density at radius 1 is 1.43 bits per heavy atom. The van der Waals surface area contributed by atoms with Crippen LogP contribution in [0.1, 0.15) is 38.7 Å². The lowest BCUT2D eigenvalue weighted by Gasteiger charge is -2.21. The lowest BCUT2D eigenvalue weighted by molar-refractivity contribution is 0.315. The molecule has 1 fully saturated rings. The van der Waals surface area contributed by atoms with Gasteiger partial charge in [0.15, 0.2) is 0 Å². The topological polar surface area (TPSA) is 46.6 Å². The zero-order chi connectivity index (χ0) is 15.5. The van der Waals surface area contributed by atoms with Crippen molar-refractivity contribution in [3.63, 3.8) is 0 Å². The van der Waals surface area contributed by atoms with Crippen LogP contribution in [0.2, 0.25) is 0 Å². The smallest absolute Gasteiger partial charge is 0.243 e. The van der Waals surface area contributed by atoms with Crippen LogP contribution in [0.25, 0.3) is 0 Å². The summed E-state index contributed by atoms with van der Waals surface area (Å²) in [6.07, 6.45) is 2.73. The van der Waals surface area contributed by atoms with Crippen LogP contribution in [0.4, 0.5) is 0 Å².